The lowest BCUT2D eigenvalue weighted by Crippen LogP contribution is -2.20. The van der Waals surface area contributed by atoms with E-state index in [1.165, 1.54) is 5.56 Å². The summed E-state index contributed by atoms with van der Waals surface area (Å²) < 4.78 is 0. The maximum absolute atomic E-state index is 10.5. The number of hydrogen-bond acceptors (Lipinski definition) is 2. The van der Waals surface area contributed by atoms with Gasteiger partial charge in [0.05, 0.1) is 6.10 Å². The molecular weight excluding hydrogens is 258 g/mol. The zero-order valence-electron chi connectivity index (χ0n) is 10.6. The molecule has 1 aromatic heterocycles. The molecule has 1 aliphatic rings. The van der Waals surface area contributed by atoms with Gasteiger partial charge in [-0.05, 0) is 48.6 Å². The highest BCUT2D eigenvalue weighted by molar-refractivity contribution is 6.30. The summed E-state index contributed by atoms with van der Waals surface area (Å²) in [6.07, 6.45) is 4.04. The van der Waals surface area contributed by atoms with Crippen molar-refractivity contribution in [3.63, 3.8) is 0 Å². The molecule has 1 aromatic carbocycles. The smallest absolute Gasteiger partial charge is 0.0664 e. The van der Waals surface area contributed by atoms with Crippen molar-refractivity contribution in [2.75, 3.05) is 0 Å². The number of rotatable bonds is 3. The minimum Gasteiger partial charge on any atom is -0.392 e. The fraction of sp³-hybridized carbons (Fsp3) is 0.312. The van der Waals surface area contributed by atoms with Gasteiger partial charge >= 0.3 is 0 Å². The van der Waals surface area contributed by atoms with Crippen LogP contribution in [0.4, 0.5) is 0 Å². The van der Waals surface area contributed by atoms with E-state index >= 15 is 0 Å². The third kappa shape index (κ3) is 2.65. The van der Waals surface area contributed by atoms with Crippen molar-refractivity contribution in [2.45, 2.75) is 31.3 Å². The molecule has 2 atom stereocenters. The first-order valence-corrected chi connectivity index (χ1v) is 6.98. The van der Waals surface area contributed by atoms with Crippen LogP contribution in [0.5, 0.6) is 0 Å². The summed E-state index contributed by atoms with van der Waals surface area (Å²) in [5.74, 6) is 0.148. The number of fused-ring (bicyclic) bond motifs is 1. The molecule has 2 aromatic rings. The first-order chi connectivity index (χ1) is 9.24. The zero-order valence-corrected chi connectivity index (χ0v) is 11.3. The number of aliphatic hydroxyl groups is 1. The first-order valence-electron chi connectivity index (χ1n) is 6.60. The number of aliphatic hydroxyl groups excluding tert-OH is 1. The van der Waals surface area contributed by atoms with E-state index in [4.69, 9.17) is 11.6 Å². The SMILES string of the molecule is OC(Cc1cccc(Cl)c1)C1CCc2cccnc21. The Balaban J connectivity index is 1.77. The van der Waals surface area contributed by atoms with Crippen LogP contribution < -0.4 is 0 Å². The summed E-state index contributed by atoms with van der Waals surface area (Å²) >= 11 is 5.98. The Morgan fingerprint density at radius 1 is 1.32 bits per heavy atom. The molecule has 0 bridgehead atoms. The second kappa shape index (κ2) is 5.32. The largest absolute Gasteiger partial charge is 0.392 e. The van der Waals surface area contributed by atoms with Crippen LogP contribution in [-0.2, 0) is 12.8 Å². The molecular formula is C16H16ClNO. The second-order valence-electron chi connectivity index (χ2n) is 5.09. The van der Waals surface area contributed by atoms with Gasteiger partial charge in [-0.2, -0.15) is 0 Å². The number of pyridine rings is 1. The van der Waals surface area contributed by atoms with Gasteiger partial charge in [-0.25, -0.2) is 0 Å². The lowest BCUT2D eigenvalue weighted by atomic mass is 9.94. The van der Waals surface area contributed by atoms with Gasteiger partial charge in [0.1, 0.15) is 0 Å². The molecule has 0 spiro atoms. The standard InChI is InChI=1S/C16H16ClNO/c17-13-5-1-3-11(9-13)10-15(19)14-7-6-12-4-2-8-18-16(12)14/h1-5,8-9,14-15,19H,6-7,10H2. The van der Waals surface area contributed by atoms with E-state index in [1.54, 1.807) is 0 Å². The number of aryl methyl sites for hydroxylation is 1. The molecule has 1 heterocycles. The van der Waals surface area contributed by atoms with E-state index < -0.39 is 6.10 Å². The molecule has 98 valence electrons. The third-order valence-corrected chi connectivity index (χ3v) is 4.04. The second-order valence-corrected chi connectivity index (χ2v) is 5.53. The van der Waals surface area contributed by atoms with Gasteiger partial charge in [0.25, 0.3) is 0 Å². The molecule has 0 fully saturated rings. The Morgan fingerprint density at radius 3 is 3.05 bits per heavy atom. The molecule has 3 heteroatoms. The lowest BCUT2D eigenvalue weighted by molar-refractivity contribution is 0.141. The van der Waals surface area contributed by atoms with Crippen LogP contribution in [-0.4, -0.2) is 16.2 Å². The normalized spacial score (nSPS) is 19.2. The highest BCUT2D eigenvalue weighted by atomic mass is 35.5. The van der Waals surface area contributed by atoms with Crippen molar-refractivity contribution in [3.8, 4) is 0 Å². The van der Waals surface area contributed by atoms with Crippen LogP contribution in [0, 0.1) is 0 Å². The lowest BCUT2D eigenvalue weighted by Gasteiger charge is -2.18. The number of benzene rings is 1. The molecule has 3 rings (SSSR count). The Morgan fingerprint density at radius 2 is 2.21 bits per heavy atom. The molecule has 0 aliphatic heterocycles. The van der Waals surface area contributed by atoms with Crippen LogP contribution in [0.15, 0.2) is 42.6 Å². The summed E-state index contributed by atoms with van der Waals surface area (Å²) in [5.41, 5.74) is 3.42. The van der Waals surface area contributed by atoms with E-state index in [0.29, 0.717) is 6.42 Å². The van der Waals surface area contributed by atoms with Crippen molar-refractivity contribution in [3.05, 3.63) is 64.4 Å². The fourth-order valence-electron chi connectivity index (χ4n) is 2.87. The van der Waals surface area contributed by atoms with Crippen LogP contribution in [0.25, 0.3) is 0 Å². The van der Waals surface area contributed by atoms with Crippen molar-refractivity contribution in [2.24, 2.45) is 0 Å². The number of nitrogens with zero attached hydrogens (tertiary/aromatic N) is 1. The van der Waals surface area contributed by atoms with Crippen molar-refractivity contribution < 1.29 is 5.11 Å². The summed E-state index contributed by atoms with van der Waals surface area (Å²) in [6, 6.07) is 11.8. The van der Waals surface area contributed by atoms with E-state index in [2.05, 4.69) is 11.1 Å². The van der Waals surface area contributed by atoms with Crippen LogP contribution >= 0.6 is 11.6 Å². The Labute approximate surface area is 118 Å². The van der Waals surface area contributed by atoms with E-state index in [-0.39, 0.29) is 5.92 Å². The summed E-state index contributed by atoms with van der Waals surface area (Å²) in [5, 5.41) is 11.2. The average Bonchev–Trinajstić information content (AvgIpc) is 2.82. The number of hydrogen-bond donors (Lipinski definition) is 1. The Bertz CT molecular complexity index is 584. The molecule has 19 heavy (non-hydrogen) atoms. The minimum absolute atomic E-state index is 0.148. The van der Waals surface area contributed by atoms with Gasteiger partial charge in [-0.15, -0.1) is 0 Å². The van der Waals surface area contributed by atoms with Gasteiger partial charge < -0.3 is 5.11 Å². The summed E-state index contributed by atoms with van der Waals surface area (Å²) in [7, 11) is 0. The molecule has 2 nitrogen and oxygen atoms in total. The maximum Gasteiger partial charge on any atom is 0.0664 e. The van der Waals surface area contributed by atoms with Gasteiger partial charge in [-0.3, -0.25) is 4.98 Å². The predicted molar refractivity (Wildman–Crippen MR) is 76.5 cm³/mol. The molecule has 0 radical (unpaired) electrons. The summed E-state index contributed by atoms with van der Waals surface area (Å²) in [6.45, 7) is 0. The maximum atomic E-state index is 10.5. The first kappa shape index (κ1) is 12.6. The van der Waals surface area contributed by atoms with Crippen LogP contribution in [0.2, 0.25) is 5.02 Å². The Hall–Kier alpha value is -1.38. The number of halogens is 1. The van der Waals surface area contributed by atoms with Crippen molar-refractivity contribution in [1.29, 1.82) is 0 Å². The van der Waals surface area contributed by atoms with Crippen molar-refractivity contribution >= 4 is 11.6 Å². The van der Waals surface area contributed by atoms with Gasteiger partial charge in [0.15, 0.2) is 0 Å². The molecule has 0 amide bonds. The molecule has 2 unspecified atom stereocenters. The van der Waals surface area contributed by atoms with Crippen molar-refractivity contribution in [1.82, 2.24) is 4.98 Å². The molecule has 0 saturated heterocycles. The highest BCUT2D eigenvalue weighted by Gasteiger charge is 2.29. The zero-order chi connectivity index (χ0) is 13.2. The topological polar surface area (TPSA) is 33.1 Å². The van der Waals surface area contributed by atoms with Gasteiger partial charge in [-0.1, -0.05) is 29.8 Å². The highest BCUT2D eigenvalue weighted by Crippen LogP contribution is 2.34. The van der Waals surface area contributed by atoms with Crippen LogP contribution in [0.1, 0.15) is 29.2 Å². The minimum atomic E-state index is -0.394. The Kier molecular flexibility index (Phi) is 3.54. The van der Waals surface area contributed by atoms with Gasteiger partial charge in [0, 0.05) is 22.8 Å². The third-order valence-electron chi connectivity index (χ3n) is 3.80. The quantitative estimate of drug-likeness (QED) is 0.930. The van der Waals surface area contributed by atoms with Crippen LogP contribution in [0.3, 0.4) is 0 Å². The van der Waals surface area contributed by atoms with E-state index in [1.807, 2.05) is 36.5 Å². The van der Waals surface area contributed by atoms with Gasteiger partial charge in [0.2, 0.25) is 0 Å². The van der Waals surface area contributed by atoms with E-state index in [9.17, 15) is 5.11 Å². The predicted octanol–water partition coefficient (Wildman–Crippen LogP) is 3.37. The monoisotopic (exact) mass is 273 g/mol. The fourth-order valence-corrected chi connectivity index (χ4v) is 3.08. The summed E-state index contributed by atoms with van der Waals surface area (Å²) in [4.78, 5) is 4.43. The average molecular weight is 274 g/mol. The van der Waals surface area contributed by atoms with E-state index in [0.717, 1.165) is 29.1 Å². The molecule has 1 aliphatic carbocycles. The molecule has 1 N–H and O–H groups in total. The molecule has 0 saturated carbocycles. The number of aromatic nitrogens is 1.